The van der Waals surface area contributed by atoms with E-state index in [-0.39, 0.29) is 17.1 Å². The second kappa shape index (κ2) is 7.17. The van der Waals surface area contributed by atoms with Gasteiger partial charge in [0.05, 0.1) is 12.1 Å². The molecule has 8 nitrogen and oxygen atoms in total. The molecular weight excluding hydrogens is 479 g/mol. The van der Waals surface area contributed by atoms with Crippen LogP contribution in [-0.2, 0) is 15.6 Å². The maximum Gasteiger partial charge on any atom is 0.311 e. The van der Waals surface area contributed by atoms with Crippen LogP contribution in [0.1, 0.15) is 23.2 Å². The summed E-state index contributed by atoms with van der Waals surface area (Å²) in [5.74, 6) is -1.80. The van der Waals surface area contributed by atoms with E-state index >= 15 is 0 Å². The van der Waals surface area contributed by atoms with Crippen molar-refractivity contribution >= 4 is 55.0 Å². The number of rotatable bonds is 3. The number of carbonyl (C=O) groups is 1. The van der Waals surface area contributed by atoms with Gasteiger partial charge in [-0.2, -0.15) is 0 Å². The fraction of sp³-hybridized carbons (Fsp3) is 0.211. The first kappa shape index (κ1) is 20.5. The number of halogens is 2. The molecule has 11 heteroatoms. The minimum atomic E-state index is -3.63. The summed E-state index contributed by atoms with van der Waals surface area (Å²) in [6.07, 6.45) is 1.15. The van der Waals surface area contributed by atoms with Gasteiger partial charge < -0.3 is 9.73 Å². The number of hydrogen-bond acceptors (Lipinski definition) is 6. The van der Waals surface area contributed by atoms with Gasteiger partial charge in [0.1, 0.15) is 16.9 Å². The maximum atomic E-state index is 14.6. The lowest BCUT2D eigenvalue weighted by atomic mass is 9.93. The molecule has 30 heavy (non-hydrogen) atoms. The monoisotopic (exact) mass is 494 g/mol. The fourth-order valence-corrected chi connectivity index (χ4v) is 4.79. The Labute approximate surface area is 180 Å². The topological polar surface area (TPSA) is 105 Å². The standard InChI is InChI=1S/C19H16BrFN4O4S/c1-19(9-30(27,28)25(2)10-22-19)13-8-12(4-5-14(13)21)23-17(26)18-24-15-6-3-11(20)7-16(15)29-18/h3-8,10H,9H2,1-2H3,(H,23,26). The minimum absolute atomic E-state index is 0.0507. The number of benzene rings is 2. The van der Waals surface area contributed by atoms with Gasteiger partial charge in [0.25, 0.3) is 5.89 Å². The molecule has 2 aromatic carbocycles. The van der Waals surface area contributed by atoms with Crippen molar-refractivity contribution < 1.29 is 22.0 Å². The lowest BCUT2D eigenvalue weighted by molar-refractivity contribution is 0.0992. The van der Waals surface area contributed by atoms with Crippen molar-refractivity contribution in [2.75, 3.05) is 18.1 Å². The van der Waals surface area contributed by atoms with Crippen LogP contribution >= 0.6 is 15.9 Å². The number of aliphatic imine (C=N–C) groups is 1. The predicted octanol–water partition coefficient (Wildman–Crippen LogP) is 3.50. The highest BCUT2D eigenvalue weighted by molar-refractivity contribution is 9.10. The summed E-state index contributed by atoms with van der Waals surface area (Å²) in [6, 6.07) is 9.05. The Morgan fingerprint density at radius 2 is 2.07 bits per heavy atom. The summed E-state index contributed by atoms with van der Waals surface area (Å²) in [6.45, 7) is 1.52. The van der Waals surface area contributed by atoms with E-state index in [2.05, 4.69) is 31.2 Å². The Hall–Kier alpha value is -2.79. The number of nitrogens with one attached hydrogen (secondary N) is 1. The van der Waals surface area contributed by atoms with E-state index in [1.54, 1.807) is 18.2 Å². The van der Waals surface area contributed by atoms with Gasteiger partial charge in [-0.05, 0) is 43.3 Å². The molecule has 2 heterocycles. The molecule has 1 aliphatic rings. The summed E-state index contributed by atoms with van der Waals surface area (Å²) < 4.78 is 46.3. The normalized spacial score (nSPS) is 20.5. The summed E-state index contributed by atoms with van der Waals surface area (Å²) >= 11 is 3.32. The molecule has 0 spiro atoms. The van der Waals surface area contributed by atoms with E-state index < -0.39 is 33.0 Å². The van der Waals surface area contributed by atoms with E-state index in [1.165, 1.54) is 26.1 Å². The maximum absolute atomic E-state index is 14.6. The first-order chi connectivity index (χ1) is 14.1. The quantitative estimate of drug-likeness (QED) is 0.599. The van der Waals surface area contributed by atoms with Crippen molar-refractivity contribution in [3.8, 4) is 0 Å². The van der Waals surface area contributed by atoms with Crippen LogP contribution in [0.4, 0.5) is 10.1 Å². The van der Waals surface area contributed by atoms with Crippen molar-refractivity contribution in [2.45, 2.75) is 12.5 Å². The van der Waals surface area contributed by atoms with E-state index in [0.29, 0.717) is 11.1 Å². The van der Waals surface area contributed by atoms with E-state index in [9.17, 15) is 17.6 Å². The van der Waals surface area contributed by atoms with Crippen LogP contribution in [0.3, 0.4) is 0 Å². The third-order valence-corrected chi connectivity index (χ3v) is 7.15. The fourth-order valence-electron chi connectivity index (χ4n) is 3.12. The highest BCUT2D eigenvalue weighted by Crippen LogP contribution is 2.34. The molecule has 0 bridgehead atoms. The van der Waals surface area contributed by atoms with Gasteiger partial charge in [0, 0.05) is 22.8 Å². The van der Waals surface area contributed by atoms with Gasteiger partial charge in [-0.1, -0.05) is 15.9 Å². The van der Waals surface area contributed by atoms with Crippen molar-refractivity contribution in [3.63, 3.8) is 0 Å². The Morgan fingerprint density at radius 1 is 1.30 bits per heavy atom. The van der Waals surface area contributed by atoms with Crippen LogP contribution < -0.4 is 5.32 Å². The van der Waals surface area contributed by atoms with Gasteiger partial charge in [0.2, 0.25) is 10.0 Å². The molecule has 1 amide bonds. The Balaban J connectivity index is 1.64. The number of nitrogens with zero attached hydrogens (tertiary/aromatic N) is 3. The Bertz CT molecular complexity index is 1310. The van der Waals surface area contributed by atoms with Crippen LogP contribution in [0.2, 0.25) is 0 Å². The third kappa shape index (κ3) is 3.70. The SMILES string of the molecule is CN1C=NC(C)(c2cc(NC(=O)c3nc4ccc(Br)cc4o3)ccc2F)CS1(=O)=O. The van der Waals surface area contributed by atoms with Crippen molar-refractivity contribution in [1.29, 1.82) is 0 Å². The Morgan fingerprint density at radius 3 is 2.80 bits per heavy atom. The number of anilines is 1. The summed E-state index contributed by atoms with van der Waals surface area (Å²) in [4.78, 5) is 20.9. The van der Waals surface area contributed by atoms with Gasteiger partial charge in [-0.3, -0.25) is 14.1 Å². The molecule has 1 N–H and O–H groups in total. The zero-order valence-corrected chi connectivity index (χ0v) is 18.3. The van der Waals surface area contributed by atoms with Crippen molar-refractivity contribution in [1.82, 2.24) is 9.29 Å². The second-order valence-corrected chi connectivity index (χ2v) is 10.0. The van der Waals surface area contributed by atoms with Crippen LogP contribution in [0.25, 0.3) is 11.1 Å². The summed E-state index contributed by atoms with van der Waals surface area (Å²) in [5.41, 5.74) is -0.0726. The number of oxazole rings is 1. The Kier molecular flexibility index (Phi) is 4.89. The first-order valence-corrected chi connectivity index (χ1v) is 11.2. The van der Waals surface area contributed by atoms with Gasteiger partial charge in [-0.15, -0.1) is 0 Å². The lowest BCUT2D eigenvalue weighted by Crippen LogP contribution is -2.43. The second-order valence-electron chi connectivity index (χ2n) is 7.07. The molecule has 1 aliphatic heterocycles. The number of fused-ring (bicyclic) bond motifs is 1. The summed E-state index contributed by atoms with van der Waals surface area (Å²) in [5, 5.41) is 2.60. The van der Waals surface area contributed by atoms with Crippen molar-refractivity contribution in [3.05, 3.63) is 58.1 Å². The highest BCUT2D eigenvalue weighted by atomic mass is 79.9. The molecule has 4 rings (SSSR count). The van der Waals surface area contributed by atoms with Gasteiger partial charge >= 0.3 is 5.91 Å². The number of amides is 1. The number of aromatic nitrogens is 1. The van der Waals surface area contributed by atoms with Gasteiger partial charge in [0.15, 0.2) is 5.58 Å². The first-order valence-electron chi connectivity index (χ1n) is 8.76. The van der Waals surface area contributed by atoms with Gasteiger partial charge in [-0.25, -0.2) is 17.8 Å². The average Bonchev–Trinajstić information content (AvgIpc) is 3.09. The average molecular weight is 495 g/mol. The van der Waals surface area contributed by atoms with E-state index in [0.717, 1.165) is 21.2 Å². The molecular formula is C19H16BrFN4O4S. The van der Waals surface area contributed by atoms with Crippen LogP contribution in [0.15, 0.2) is 50.3 Å². The van der Waals surface area contributed by atoms with Crippen LogP contribution in [-0.4, -0.2) is 42.8 Å². The zero-order valence-electron chi connectivity index (χ0n) is 15.9. The molecule has 0 aliphatic carbocycles. The minimum Gasteiger partial charge on any atom is -0.432 e. The third-order valence-electron chi connectivity index (χ3n) is 4.76. The van der Waals surface area contributed by atoms with E-state index in [4.69, 9.17) is 4.42 Å². The van der Waals surface area contributed by atoms with Crippen molar-refractivity contribution in [2.24, 2.45) is 4.99 Å². The largest absolute Gasteiger partial charge is 0.432 e. The van der Waals surface area contributed by atoms with Crippen LogP contribution in [0.5, 0.6) is 0 Å². The summed E-state index contributed by atoms with van der Waals surface area (Å²) in [7, 11) is -2.26. The number of carbonyl (C=O) groups excluding carboxylic acids is 1. The zero-order chi connectivity index (χ0) is 21.7. The molecule has 1 aromatic heterocycles. The molecule has 3 aromatic rings. The lowest BCUT2D eigenvalue weighted by Gasteiger charge is -2.32. The van der Waals surface area contributed by atoms with Crippen LogP contribution in [0, 0.1) is 5.82 Å². The molecule has 0 saturated carbocycles. The molecule has 0 fully saturated rings. The van der Waals surface area contributed by atoms with E-state index in [1.807, 2.05) is 0 Å². The number of sulfonamides is 1. The molecule has 0 saturated heterocycles. The molecule has 156 valence electrons. The molecule has 0 radical (unpaired) electrons. The molecule has 1 unspecified atom stereocenters. The molecule has 1 atom stereocenters. The predicted molar refractivity (Wildman–Crippen MR) is 113 cm³/mol. The number of hydrogen-bond donors (Lipinski definition) is 1. The smallest absolute Gasteiger partial charge is 0.311 e. The highest BCUT2D eigenvalue weighted by Gasteiger charge is 2.39.